The third kappa shape index (κ3) is 4.44. The highest BCUT2D eigenvalue weighted by atomic mass is 35.5. The smallest absolute Gasteiger partial charge is 0.311 e. The van der Waals surface area contributed by atoms with Gasteiger partial charge in [0.15, 0.2) is 11.6 Å². The normalized spacial score (nSPS) is 15.8. The summed E-state index contributed by atoms with van der Waals surface area (Å²) in [7, 11) is -3.68. The second kappa shape index (κ2) is 9.10. The number of aromatic nitrogens is 2. The van der Waals surface area contributed by atoms with E-state index in [0.29, 0.717) is 55.3 Å². The van der Waals surface area contributed by atoms with Gasteiger partial charge in [-0.25, -0.2) is 13.4 Å². The highest BCUT2D eigenvalue weighted by Gasteiger charge is 2.27. The summed E-state index contributed by atoms with van der Waals surface area (Å²) in [5, 5.41) is 21.0. The van der Waals surface area contributed by atoms with Gasteiger partial charge in [0, 0.05) is 25.7 Å². The average Bonchev–Trinajstić information content (AvgIpc) is 3.18. The van der Waals surface area contributed by atoms with Gasteiger partial charge in [0.2, 0.25) is 10.0 Å². The lowest BCUT2D eigenvalue weighted by Crippen LogP contribution is -2.40. The van der Waals surface area contributed by atoms with Crippen LogP contribution in [0.2, 0.25) is 0 Å². The molecule has 1 aliphatic heterocycles. The van der Waals surface area contributed by atoms with Crippen LogP contribution in [0.15, 0.2) is 41.3 Å². The molecule has 1 aliphatic rings. The van der Waals surface area contributed by atoms with Gasteiger partial charge in [-0.3, -0.25) is 10.1 Å². The molecular formula is C21H21ClN4O6S. The summed E-state index contributed by atoms with van der Waals surface area (Å²) in [5.41, 5.74) is 1.14. The highest BCUT2D eigenvalue weighted by Crippen LogP contribution is 2.31. The number of benzene rings is 2. The largest absolute Gasteiger partial charge is 0.502 e. The molecule has 0 saturated carbocycles. The van der Waals surface area contributed by atoms with Crippen molar-refractivity contribution in [1.29, 1.82) is 0 Å². The third-order valence-electron chi connectivity index (χ3n) is 5.35. The molecule has 3 aromatic rings. The second-order valence-corrected chi connectivity index (χ2v) is 9.69. The number of fused-ring (bicyclic) bond motifs is 1. The van der Waals surface area contributed by atoms with E-state index in [1.54, 1.807) is 12.1 Å². The Morgan fingerprint density at radius 1 is 1.27 bits per heavy atom. The average molecular weight is 493 g/mol. The number of hydrogen-bond donors (Lipinski definition) is 1. The minimum atomic E-state index is -3.68. The second-order valence-electron chi connectivity index (χ2n) is 7.34. The van der Waals surface area contributed by atoms with E-state index in [1.807, 2.05) is 11.5 Å². The number of sulfonamides is 1. The summed E-state index contributed by atoms with van der Waals surface area (Å²) >= 11 is 6.52. The fraction of sp³-hybridized carbons (Fsp3) is 0.286. The van der Waals surface area contributed by atoms with Gasteiger partial charge in [-0.1, -0.05) is 17.7 Å². The molecule has 1 fully saturated rings. The van der Waals surface area contributed by atoms with Crippen molar-refractivity contribution in [3.8, 4) is 5.75 Å². The molecule has 2 aromatic carbocycles. The molecule has 12 heteroatoms. The van der Waals surface area contributed by atoms with Crippen molar-refractivity contribution >= 4 is 49.5 Å². The molecule has 0 radical (unpaired) electrons. The number of rotatable bonds is 6. The SMILES string of the molecule is CCn1c(/C(Cl)=C/c2ccc(O)c([N+](=O)[O-])c2)nc2cc(S(=O)(=O)N3CCOCC3)ccc21. The fourth-order valence-electron chi connectivity index (χ4n) is 3.70. The molecule has 33 heavy (non-hydrogen) atoms. The maximum atomic E-state index is 13.0. The number of aryl methyl sites for hydroxylation is 1. The Morgan fingerprint density at radius 3 is 2.67 bits per heavy atom. The van der Waals surface area contributed by atoms with Crippen molar-refractivity contribution in [2.75, 3.05) is 26.3 Å². The van der Waals surface area contributed by atoms with Crippen molar-refractivity contribution in [2.45, 2.75) is 18.4 Å². The van der Waals surface area contributed by atoms with E-state index in [2.05, 4.69) is 4.98 Å². The number of nitrogens with zero attached hydrogens (tertiary/aromatic N) is 4. The maximum Gasteiger partial charge on any atom is 0.311 e. The van der Waals surface area contributed by atoms with E-state index >= 15 is 0 Å². The number of phenolic OH excluding ortho intramolecular Hbond substituents is 1. The topological polar surface area (TPSA) is 128 Å². The van der Waals surface area contributed by atoms with E-state index in [0.717, 1.165) is 0 Å². The van der Waals surface area contributed by atoms with Crippen LogP contribution >= 0.6 is 11.6 Å². The molecule has 10 nitrogen and oxygen atoms in total. The highest BCUT2D eigenvalue weighted by molar-refractivity contribution is 7.89. The molecule has 1 N–H and O–H groups in total. The minimum Gasteiger partial charge on any atom is -0.502 e. The van der Waals surface area contributed by atoms with Crippen molar-refractivity contribution in [3.63, 3.8) is 0 Å². The summed E-state index contributed by atoms with van der Waals surface area (Å²) in [6, 6.07) is 8.69. The van der Waals surface area contributed by atoms with Crippen LogP contribution < -0.4 is 0 Å². The van der Waals surface area contributed by atoms with Crippen LogP contribution in [0.3, 0.4) is 0 Å². The quantitative estimate of drug-likeness (QED) is 0.412. The zero-order valence-electron chi connectivity index (χ0n) is 17.6. The molecule has 0 amide bonds. The molecule has 0 bridgehead atoms. The van der Waals surface area contributed by atoms with Gasteiger partial charge in [0.05, 0.1) is 39.1 Å². The molecule has 1 aromatic heterocycles. The van der Waals surface area contributed by atoms with E-state index in [1.165, 1.54) is 34.6 Å². The lowest BCUT2D eigenvalue weighted by molar-refractivity contribution is -0.385. The first-order valence-corrected chi connectivity index (χ1v) is 12.0. The van der Waals surface area contributed by atoms with Gasteiger partial charge in [0.1, 0.15) is 0 Å². The Labute approximate surface area is 194 Å². The number of phenols is 1. The Hall–Kier alpha value is -2.99. The number of aromatic hydroxyl groups is 1. The summed E-state index contributed by atoms with van der Waals surface area (Å²) in [4.78, 5) is 15.1. The van der Waals surface area contributed by atoms with Crippen LogP contribution in [0.5, 0.6) is 5.75 Å². The van der Waals surface area contributed by atoms with Crippen molar-refractivity contribution in [1.82, 2.24) is 13.9 Å². The Morgan fingerprint density at radius 2 is 2.00 bits per heavy atom. The molecule has 4 rings (SSSR count). The van der Waals surface area contributed by atoms with Crippen LogP contribution in [0.25, 0.3) is 22.1 Å². The van der Waals surface area contributed by atoms with Crippen molar-refractivity contribution in [3.05, 3.63) is 57.9 Å². The third-order valence-corrected chi connectivity index (χ3v) is 7.52. The monoisotopic (exact) mass is 492 g/mol. The van der Waals surface area contributed by atoms with Gasteiger partial charge in [-0.05, 0) is 42.8 Å². The van der Waals surface area contributed by atoms with Crippen LogP contribution in [-0.2, 0) is 21.3 Å². The minimum absolute atomic E-state index is 0.137. The Bertz CT molecular complexity index is 1360. The molecule has 2 heterocycles. The van der Waals surface area contributed by atoms with E-state index in [-0.39, 0.29) is 9.93 Å². The summed E-state index contributed by atoms with van der Waals surface area (Å²) in [5.74, 6) is -0.0473. The zero-order valence-corrected chi connectivity index (χ0v) is 19.2. The van der Waals surface area contributed by atoms with Crippen LogP contribution in [0.4, 0.5) is 5.69 Å². The number of nitro benzene ring substituents is 1. The van der Waals surface area contributed by atoms with Gasteiger partial charge in [-0.15, -0.1) is 0 Å². The van der Waals surface area contributed by atoms with Gasteiger partial charge in [-0.2, -0.15) is 4.31 Å². The maximum absolute atomic E-state index is 13.0. The molecule has 0 atom stereocenters. The first-order chi connectivity index (χ1) is 15.7. The molecule has 174 valence electrons. The van der Waals surface area contributed by atoms with Crippen molar-refractivity contribution in [2.24, 2.45) is 0 Å². The number of ether oxygens (including phenoxy) is 1. The standard InChI is InChI=1S/C21H21ClN4O6S/c1-2-25-18-5-4-15(33(30,31)24-7-9-32-10-8-24)13-17(18)23-21(25)16(22)11-14-3-6-20(27)19(12-14)26(28)29/h3-6,11-13,27H,2,7-10H2,1H3/b16-11-. The fourth-order valence-corrected chi connectivity index (χ4v) is 5.39. The molecular weight excluding hydrogens is 472 g/mol. The summed E-state index contributed by atoms with van der Waals surface area (Å²) in [6.45, 7) is 3.71. The predicted molar refractivity (Wildman–Crippen MR) is 123 cm³/mol. The molecule has 0 spiro atoms. The van der Waals surface area contributed by atoms with Crippen LogP contribution in [-0.4, -0.2) is 58.6 Å². The lowest BCUT2D eigenvalue weighted by atomic mass is 10.1. The Kier molecular flexibility index (Phi) is 6.39. The summed E-state index contributed by atoms with van der Waals surface area (Å²) < 4.78 is 34.5. The summed E-state index contributed by atoms with van der Waals surface area (Å²) in [6.07, 6.45) is 1.51. The van der Waals surface area contributed by atoms with Gasteiger partial charge < -0.3 is 14.4 Å². The van der Waals surface area contributed by atoms with Gasteiger partial charge in [0.25, 0.3) is 0 Å². The number of hydrogen-bond acceptors (Lipinski definition) is 7. The van der Waals surface area contributed by atoms with Crippen LogP contribution in [0, 0.1) is 10.1 Å². The number of halogens is 1. The number of imidazole rings is 1. The van der Waals surface area contributed by atoms with E-state index in [9.17, 15) is 23.6 Å². The molecule has 0 aliphatic carbocycles. The first kappa shape index (κ1) is 23.2. The lowest BCUT2D eigenvalue weighted by Gasteiger charge is -2.26. The van der Waals surface area contributed by atoms with E-state index in [4.69, 9.17) is 16.3 Å². The van der Waals surface area contributed by atoms with Crippen LogP contribution in [0.1, 0.15) is 18.3 Å². The van der Waals surface area contributed by atoms with Crippen molar-refractivity contribution < 1.29 is 23.2 Å². The van der Waals surface area contributed by atoms with Gasteiger partial charge >= 0.3 is 5.69 Å². The Balaban J connectivity index is 1.75. The predicted octanol–water partition coefficient (Wildman–Crippen LogP) is 3.43. The first-order valence-electron chi connectivity index (χ1n) is 10.2. The molecule has 1 saturated heterocycles. The zero-order chi connectivity index (χ0) is 23.8. The number of morpholine rings is 1. The van der Waals surface area contributed by atoms with E-state index < -0.39 is 26.4 Å². The number of nitro groups is 1. The molecule has 0 unspecified atom stereocenters.